The topological polar surface area (TPSA) is 59.0 Å². The van der Waals surface area contributed by atoms with Crippen LogP contribution in [0.2, 0.25) is 0 Å². The molecule has 0 amide bonds. The predicted molar refractivity (Wildman–Crippen MR) is 118 cm³/mol. The fourth-order valence-corrected chi connectivity index (χ4v) is 4.32. The van der Waals surface area contributed by atoms with Gasteiger partial charge in [0.1, 0.15) is 12.7 Å². The first-order valence-electron chi connectivity index (χ1n) is 10.6. The van der Waals surface area contributed by atoms with Crippen molar-refractivity contribution in [2.75, 3.05) is 26.2 Å². The molecule has 4 aromatic rings. The molecule has 1 aliphatic rings. The van der Waals surface area contributed by atoms with Gasteiger partial charge >= 0.3 is 0 Å². The van der Waals surface area contributed by atoms with Gasteiger partial charge in [0.15, 0.2) is 0 Å². The SMILES string of the molecule is c1ccc(COC[C@@H]2CCN(CCc3c[nH]c4ccc(-n5cnnc5)cc34)C2)cc1. The first kappa shape index (κ1) is 19.0. The molecular formula is C24H27N5O. The molecule has 1 saturated heterocycles. The number of nitrogens with zero attached hydrogens (tertiary/aromatic N) is 4. The summed E-state index contributed by atoms with van der Waals surface area (Å²) in [6.07, 6.45) is 7.89. The smallest absolute Gasteiger partial charge is 0.123 e. The average molecular weight is 402 g/mol. The van der Waals surface area contributed by atoms with Gasteiger partial charge in [-0.05, 0) is 54.6 Å². The minimum atomic E-state index is 0.636. The standard InChI is InChI=1S/C24H27N5O/c1-2-4-19(5-3-1)15-30-16-20-8-10-28(14-20)11-9-21-13-25-24-7-6-22(12-23(21)24)29-17-26-27-18-29/h1-7,12-13,17-18,20,25H,8-11,14-16H2/t20-/m1/s1. The third-order valence-electron chi connectivity index (χ3n) is 6.00. The molecular weight excluding hydrogens is 374 g/mol. The lowest BCUT2D eigenvalue weighted by Crippen LogP contribution is -2.24. The van der Waals surface area contributed by atoms with Crippen molar-refractivity contribution >= 4 is 10.9 Å². The molecule has 1 N–H and O–H groups in total. The molecule has 0 spiro atoms. The van der Waals surface area contributed by atoms with E-state index < -0.39 is 0 Å². The predicted octanol–water partition coefficient (Wildman–Crippen LogP) is 3.83. The van der Waals surface area contributed by atoms with Gasteiger partial charge in [-0.1, -0.05) is 30.3 Å². The van der Waals surface area contributed by atoms with Gasteiger partial charge in [0.2, 0.25) is 0 Å². The zero-order valence-corrected chi connectivity index (χ0v) is 17.1. The van der Waals surface area contributed by atoms with Crippen LogP contribution in [0.3, 0.4) is 0 Å². The number of fused-ring (bicyclic) bond motifs is 1. The van der Waals surface area contributed by atoms with Crippen LogP contribution in [0.1, 0.15) is 17.5 Å². The van der Waals surface area contributed by atoms with E-state index in [0.29, 0.717) is 12.5 Å². The summed E-state index contributed by atoms with van der Waals surface area (Å²) in [5.74, 6) is 0.636. The van der Waals surface area contributed by atoms with Crippen molar-refractivity contribution in [1.82, 2.24) is 24.6 Å². The van der Waals surface area contributed by atoms with Crippen molar-refractivity contribution in [3.05, 3.63) is 78.5 Å². The highest BCUT2D eigenvalue weighted by Gasteiger charge is 2.22. The summed E-state index contributed by atoms with van der Waals surface area (Å²) < 4.78 is 7.91. The van der Waals surface area contributed by atoms with Gasteiger partial charge in [0.25, 0.3) is 0 Å². The number of nitrogens with one attached hydrogen (secondary N) is 1. The Balaban J connectivity index is 1.14. The lowest BCUT2D eigenvalue weighted by Gasteiger charge is -2.16. The van der Waals surface area contributed by atoms with Gasteiger partial charge in [0, 0.05) is 35.9 Å². The molecule has 154 valence electrons. The van der Waals surface area contributed by atoms with Crippen molar-refractivity contribution in [2.24, 2.45) is 5.92 Å². The van der Waals surface area contributed by atoms with Crippen LogP contribution in [0.15, 0.2) is 67.4 Å². The monoisotopic (exact) mass is 401 g/mol. The molecule has 1 aliphatic heterocycles. The Bertz CT molecular complexity index is 1070. The minimum Gasteiger partial charge on any atom is -0.376 e. The summed E-state index contributed by atoms with van der Waals surface area (Å²) in [6, 6.07) is 16.9. The van der Waals surface area contributed by atoms with Crippen molar-refractivity contribution in [3.63, 3.8) is 0 Å². The van der Waals surface area contributed by atoms with Crippen molar-refractivity contribution in [2.45, 2.75) is 19.4 Å². The third-order valence-corrected chi connectivity index (χ3v) is 6.00. The average Bonchev–Trinajstić information content (AvgIpc) is 3.54. The Morgan fingerprint density at radius 3 is 2.80 bits per heavy atom. The molecule has 5 rings (SSSR count). The number of ether oxygens (including phenoxy) is 1. The lowest BCUT2D eigenvalue weighted by molar-refractivity contribution is 0.0888. The quantitative estimate of drug-likeness (QED) is 0.487. The zero-order chi connectivity index (χ0) is 20.2. The Kier molecular flexibility index (Phi) is 5.59. The Labute approximate surface area is 176 Å². The first-order valence-corrected chi connectivity index (χ1v) is 10.6. The highest BCUT2D eigenvalue weighted by molar-refractivity contribution is 5.85. The molecule has 3 heterocycles. The number of likely N-dealkylation sites (tertiary alicyclic amines) is 1. The van der Waals surface area contributed by atoms with Crippen LogP contribution in [0.25, 0.3) is 16.6 Å². The van der Waals surface area contributed by atoms with E-state index in [2.05, 4.69) is 68.7 Å². The maximum Gasteiger partial charge on any atom is 0.123 e. The number of benzene rings is 2. The summed E-state index contributed by atoms with van der Waals surface area (Å²) in [6.45, 7) is 4.93. The molecule has 0 radical (unpaired) electrons. The molecule has 6 heteroatoms. The maximum absolute atomic E-state index is 5.96. The second kappa shape index (κ2) is 8.81. The van der Waals surface area contributed by atoms with E-state index in [-0.39, 0.29) is 0 Å². The highest BCUT2D eigenvalue weighted by Crippen LogP contribution is 2.23. The van der Waals surface area contributed by atoms with Gasteiger partial charge in [-0.2, -0.15) is 0 Å². The summed E-state index contributed by atoms with van der Waals surface area (Å²) in [7, 11) is 0. The van der Waals surface area contributed by atoms with E-state index in [9.17, 15) is 0 Å². The molecule has 0 saturated carbocycles. The molecule has 30 heavy (non-hydrogen) atoms. The van der Waals surface area contributed by atoms with Crippen molar-refractivity contribution in [3.8, 4) is 5.69 Å². The molecule has 0 aliphatic carbocycles. The van der Waals surface area contributed by atoms with Gasteiger partial charge in [-0.15, -0.1) is 10.2 Å². The highest BCUT2D eigenvalue weighted by atomic mass is 16.5. The molecule has 1 atom stereocenters. The van der Waals surface area contributed by atoms with E-state index in [4.69, 9.17) is 4.74 Å². The van der Waals surface area contributed by atoms with E-state index in [1.165, 1.54) is 28.5 Å². The third kappa shape index (κ3) is 4.30. The Morgan fingerprint density at radius 2 is 1.93 bits per heavy atom. The van der Waals surface area contributed by atoms with Crippen molar-refractivity contribution in [1.29, 1.82) is 0 Å². The number of H-pyrrole nitrogens is 1. The lowest BCUT2D eigenvalue weighted by atomic mass is 10.1. The van der Waals surface area contributed by atoms with Gasteiger partial charge in [-0.25, -0.2) is 0 Å². The summed E-state index contributed by atoms with van der Waals surface area (Å²) in [5.41, 5.74) is 4.88. The summed E-state index contributed by atoms with van der Waals surface area (Å²) >= 11 is 0. The number of rotatable bonds is 8. The molecule has 2 aromatic carbocycles. The van der Waals surface area contributed by atoms with Crippen LogP contribution < -0.4 is 0 Å². The minimum absolute atomic E-state index is 0.636. The first-order chi connectivity index (χ1) is 14.8. The molecule has 0 bridgehead atoms. The van der Waals surface area contributed by atoms with Crippen LogP contribution in [0, 0.1) is 5.92 Å². The molecule has 2 aromatic heterocycles. The normalized spacial score (nSPS) is 17.1. The van der Waals surface area contributed by atoms with E-state index in [1.54, 1.807) is 12.7 Å². The fraction of sp³-hybridized carbons (Fsp3) is 0.333. The van der Waals surface area contributed by atoms with Crippen molar-refractivity contribution < 1.29 is 4.74 Å². The number of hydrogen-bond donors (Lipinski definition) is 1. The number of aromatic amines is 1. The number of hydrogen-bond acceptors (Lipinski definition) is 4. The van der Waals surface area contributed by atoms with Crippen LogP contribution in [0.4, 0.5) is 0 Å². The summed E-state index contributed by atoms with van der Waals surface area (Å²) in [5, 5.41) is 9.10. The van der Waals surface area contributed by atoms with E-state index in [1.807, 2.05) is 10.6 Å². The van der Waals surface area contributed by atoms with E-state index >= 15 is 0 Å². The van der Waals surface area contributed by atoms with Crippen LogP contribution in [-0.2, 0) is 17.8 Å². The molecule has 6 nitrogen and oxygen atoms in total. The van der Waals surface area contributed by atoms with Crippen LogP contribution in [0.5, 0.6) is 0 Å². The maximum atomic E-state index is 5.96. The second-order valence-electron chi connectivity index (χ2n) is 8.12. The Morgan fingerprint density at radius 1 is 1.07 bits per heavy atom. The van der Waals surface area contributed by atoms with Crippen LogP contribution in [-0.4, -0.2) is 50.9 Å². The Hall–Kier alpha value is -2.96. The van der Waals surface area contributed by atoms with Gasteiger partial charge in [0.05, 0.1) is 13.2 Å². The summed E-state index contributed by atoms with van der Waals surface area (Å²) in [4.78, 5) is 5.98. The largest absolute Gasteiger partial charge is 0.376 e. The fourth-order valence-electron chi connectivity index (χ4n) is 4.32. The second-order valence-corrected chi connectivity index (χ2v) is 8.12. The van der Waals surface area contributed by atoms with E-state index in [0.717, 1.165) is 38.3 Å². The molecule has 0 unspecified atom stereocenters. The van der Waals surface area contributed by atoms with Gasteiger partial charge in [-0.3, -0.25) is 4.57 Å². The van der Waals surface area contributed by atoms with Crippen LogP contribution >= 0.6 is 0 Å². The molecule has 1 fully saturated rings. The van der Waals surface area contributed by atoms with Gasteiger partial charge < -0.3 is 14.6 Å². The number of aromatic nitrogens is 4. The zero-order valence-electron chi connectivity index (χ0n) is 17.1.